The number of nitrogens with zero attached hydrogens (tertiary/aromatic N) is 3. The van der Waals surface area contributed by atoms with Crippen molar-refractivity contribution in [2.45, 2.75) is 19.1 Å². The van der Waals surface area contributed by atoms with Crippen molar-refractivity contribution < 1.29 is 19.4 Å². The normalized spacial score (nSPS) is 21.0. The van der Waals surface area contributed by atoms with Gasteiger partial charge in [0.2, 0.25) is 0 Å². The first-order valence-corrected chi connectivity index (χ1v) is 8.46. The van der Waals surface area contributed by atoms with E-state index in [0.717, 1.165) is 0 Å². The van der Waals surface area contributed by atoms with Gasteiger partial charge in [-0.2, -0.15) is 0 Å². The van der Waals surface area contributed by atoms with E-state index in [0.29, 0.717) is 43.6 Å². The number of aliphatic hydroxyl groups is 1. The Hall–Kier alpha value is -2.52. The van der Waals surface area contributed by atoms with Crippen molar-refractivity contribution >= 4 is 17.1 Å². The summed E-state index contributed by atoms with van der Waals surface area (Å²) >= 11 is 0. The molecule has 3 rings (SSSR count). The average Bonchev–Trinajstić information content (AvgIpc) is 2.60. The van der Waals surface area contributed by atoms with Gasteiger partial charge in [0.25, 0.3) is 5.56 Å². The second kappa shape index (κ2) is 7.79. The molecule has 2 heterocycles. The van der Waals surface area contributed by atoms with Crippen LogP contribution in [-0.4, -0.2) is 63.0 Å². The topological polar surface area (TPSA) is 108 Å². The molecule has 1 saturated heterocycles. The summed E-state index contributed by atoms with van der Waals surface area (Å²) in [5.41, 5.74) is 0.687. The number of amides is 1. The maximum atomic E-state index is 13.6. The molecular weight excluding hydrogens is 343 g/mol. The maximum Gasteiger partial charge on any atom is 0.404 e. The summed E-state index contributed by atoms with van der Waals surface area (Å²) in [6.45, 7) is 2.24. The van der Waals surface area contributed by atoms with Gasteiger partial charge in [-0.3, -0.25) is 4.79 Å². The lowest BCUT2D eigenvalue weighted by atomic mass is 9.94. The Morgan fingerprint density at radius 3 is 2.96 bits per heavy atom. The number of rotatable bonds is 5. The summed E-state index contributed by atoms with van der Waals surface area (Å²) in [5.74, 6) is -0.636. The largest absolute Gasteiger partial charge is 0.465 e. The van der Waals surface area contributed by atoms with E-state index in [1.807, 2.05) is 0 Å². The molecule has 1 aromatic carbocycles. The van der Waals surface area contributed by atoms with Crippen LogP contribution in [0.4, 0.5) is 9.18 Å². The van der Waals surface area contributed by atoms with Crippen molar-refractivity contribution in [3.8, 4) is 0 Å². The molecule has 1 aromatic heterocycles. The first-order valence-electron chi connectivity index (χ1n) is 8.46. The summed E-state index contributed by atoms with van der Waals surface area (Å²) in [5, 5.41) is 21.1. The van der Waals surface area contributed by atoms with Gasteiger partial charge in [-0.1, -0.05) is 0 Å². The van der Waals surface area contributed by atoms with E-state index >= 15 is 0 Å². The smallest absolute Gasteiger partial charge is 0.404 e. The summed E-state index contributed by atoms with van der Waals surface area (Å²) in [6.07, 6.45) is 0.0784. The highest BCUT2D eigenvalue weighted by Crippen LogP contribution is 2.17. The van der Waals surface area contributed by atoms with Crippen molar-refractivity contribution in [3.63, 3.8) is 0 Å². The summed E-state index contributed by atoms with van der Waals surface area (Å²) in [7, 11) is 0. The standard InChI is InChI=1S/C17H21FN4O4/c18-12-1-2-13-14(7-12)22(16(24)9-19-13)6-5-21-4-3-15(23)11(10-21)8-20-17(25)26/h1-2,7,9,11,15,20,23H,3-6,8,10H2,(H,25,26). The molecule has 2 atom stereocenters. The molecule has 2 aromatic rings. The molecule has 1 aliphatic heterocycles. The van der Waals surface area contributed by atoms with Gasteiger partial charge in [-0.25, -0.2) is 14.2 Å². The quantitative estimate of drug-likeness (QED) is 0.713. The number of carboxylic acid groups (broad SMARTS) is 1. The SMILES string of the molecule is O=C(O)NCC1CN(CCn2c(=O)cnc3ccc(F)cc32)CCC1O. The number of aliphatic hydroxyl groups excluding tert-OH is 1. The third-order valence-corrected chi connectivity index (χ3v) is 4.74. The van der Waals surface area contributed by atoms with Crippen molar-refractivity contribution in [1.29, 1.82) is 0 Å². The van der Waals surface area contributed by atoms with Crippen LogP contribution in [0.1, 0.15) is 6.42 Å². The minimum absolute atomic E-state index is 0.177. The fraction of sp³-hybridized carbons (Fsp3) is 0.471. The molecule has 26 heavy (non-hydrogen) atoms. The molecule has 2 unspecified atom stereocenters. The van der Waals surface area contributed by atoms with E-state index in [-0.39, 0.29) is 18.0 Å². The second-order valence-corrected chi connectivity index (χ2v) is 6.48. The molecule has 0 bridgehead atoms. The molecule has 9 heteroatoms. The fourth-order valence-corrected chi connectivity index (χ4v) is 3.32. The van der Waals surface area contributed by atoms with Crippen LogP contribution in [0.5, 0.6) is 0 Å². The Bertz CT molecular complexity index is 856. The van der Waals surface area contributed by atoms with Gasteiger partial charge in [0, 0.05) is 38.6 Å². The Morgan fingerprint density at radius 1 is 1.38 bits per heavy atom. The van der Waals surface area contributed by atoms with E-state index in [9.17, 15) is 19.1 Å². The van der Waals surface area contributed by atoms with E-state index < -0.39 is 18.0 Å². The minimum atomic E-state index is -1.12. The minimum Gasteiger partial charge on any atom is -0.465 e. The van der Waals surface area contributed by atoms with Crippen LogP contribution in [0.3, 0.4) is 0 Å². The number of likely N-dealkylation sites (tertiary alicyclic amines) is 1. The van der Waals surface area contributed by atoms with Crippen molar-refractivity contribution in [3.05, 3.63) is 40.6 Å². The maximum absolute atomic E-state index is 13.6. The summed E-state index contributed by atoms with van der Waals surface area (Å²) in [6, 6.07) is 4.13. The summed E-state index contributed by atoms with van der Waals surface area (Å²) in [4.78, 5) is 28.9. The second-order valence-electron chi connectivity index (χ2n) is 6.48. The number of aromatic nitrogens is 2. The lowest BCUT2D eigenvalue weighted by Crippen LogP contribution is -2.48. The van der Waals surface area contributed by atoms with Gasteiger partial charge < -0.3 is 25.0 Å². The van der Waals surface area contributed by atoms with Crippen molar-refractivity contribution in [2.75, 3.05) is 26.2 Å². The lowest BCUT2D eigenvalue weighted by molar-refractivity contribution is 0.0263. The van der Waals surface area contributed by atoms with Crippen LogP contribution < -0.4 is 10.9 Å². The van der Waals surface area contributed by atoms with Gasteiger partial charge in [0.15, 0.2) is 0 Å². The van der Waals surface area contributed by atoms with Gasteiger partial charge >= 0.3 is 6.09 Å². The monoisotopic (exact) mass is 364 g/mol. The molecule has 1 aliphatic rings. The Balaban J connectivity index is 1.70. The molecule has 0 spiro atoms. The zero-order valence-electron chi connectivity index (χ0n) is 14.1. The highest BCUT2D eigenvalue weighted by atomic mass is 19.1. The Labute approximate surface area is 148 Å². The highest BCUT2D eigenvalue weighted by molar-refractivity contribution is 5.74. The van der Waals surface area contributed by atoms with Crippen molar-refractivity contribution in [1.82, 2.24) is 19.8 Å². The predicted octanol–water partition coefficient (Wildman–Crippen LogP) is 0.486. The van der Waals surface area contributed by atoms with Gasteiger partial charge in [0.05, 0.1) is 23.3 Å². The predicted molar refractivity (Wildman–Crippen MR) is 92.5 cm³/mol. The van der Waals surface area contributed by atoms with Gasteiger partial charge in [-0.15, -0.1) is 0 Å². The molecule has 0 aliphatic carbocycles. The van der Waals surface area contributed by atoms with E-state index in [1.54, 1.807) is 0 Å². The molecule has 0 saturated carbocycles. The van der Waals surface area contributed by atoms with Crippen LogP contribution in [0.2, 0.25) is 0 Å². The molecular formula is C17H21FN4O4. The van der Waals surface area contributed by atoms with Crippen molar-refractivity contribution in [2.24, 2.45) is 5.92 Å². The fourth-order valence-electron chi connectivity index (χ4n) is 3.32. The van der Waals surface area contributed by atoms with E-state index in [4.69, 9.17) is 5.11 Å². The Morgan fingerprint density at radius 2 is 2.19 bits per heavy atom. The number of fused-ring (bicyclic) bond motifs is 1. The zero-order chi connectivity index (χ0) is 18.7. The lowest BCUT2D eigenvalue weighted by Gasteiger charge is -2.36. The third-order valence-electron chi connectivity index (χ3n) is 4.74. The number of hydrogen-bond donors (Lipinski definition) is 3. The molecule has 8 nitrogen and oxygen atoms in total. The molecule has 1 amide bonds. The average molecular weight is 364 g/mol. The van der Waals surface area contributed by atoms with Crippen LogP contribution in [0, 0.1) is 11.7 Å². The molecule has 3 N–H and O–H groups in total. The van der Waals surface area contributed by atoms with Crippen LogP contribution in [0.15, 0.2) is 29.2 Å². The first kappa shape index (κ1) is 18.3. The third kappa shape index (κ3) is 4.17. The number of nitrogens with one attached hydrogen (secondary N) is 1. The molecule has 0 radical (unpaired) electrons. The van der Waals surface area contributed by atoms with Gasteiger partial charge in [0.1, 0.15) is 5.82 Å². The van der Waals surface area contributed by atoms with E-state index in [2.05, 4.69) is 15.2 Å². The van der Waals surface area contributed by atoms with Gasteiger partial charge in [-0.05, 0) is 24.6 Å². The number of hydrogen-bond acceptors (Lipinski definition) is 5. The number of carbonyl (C=O) groups is 1. The Kier molecular flexibility index (Phi) is 5.48. The van der Waals surface area contributed by atoms with Crippen LogP contribution >= 0.6 is 0 Å². The number of benzene rings is 1. The van der Waals surface area contributed by atoms with E-state index in [1.165, 1.54) is 29.0 Å². The first-order chi connectivity index (χ1) is 12.4. The highest BCUT2D eigenvalue weighted by Gasteiger charge is 2.27. The number of halogens is 1. The summed E-state index contributed by atoms with van der Waals surface area (Å²) < 4.78 is 15.0. The van der Waals surface area contributed by atoms with Crippen LogP contribution in [-0.2, 0) is 6.54 Å². The molecule has 1 fully saturated rings. The number of piperidine rings is 1. The zero-order valence-corrected chi connectivity index (χ0v) is 14.1. The molecule has 140 valence electrons. The van der Waals surface area contributed by atoms with Crippen LogP contribution in [0.25, 0.3) is 11.0 Å².